The Balaban J connectivity index is 2.51. The summed E-state index contributed by atoms with van der Waals surface area (Å²) in [4.78, 5) is 7.67. The van der Waals surface area contributed by atoms with Gasteiger partial charge in [-0.15, -0.1) is 0 Å². The molecular formula is C11H11BrN4O2S. The van der Waals surface area contributed by atoms with Gasteiger partial charge in [0.2, 0.25) is 0 Å². The van der Waals surface area contributed by atoms with Crippen molar-refractivity contribution in [3.05, 3.63) is 41.3 Å². The zero-order valence-corrected chi connectivity index (χ0v) is 12.4. The van der Waals surface area contributed by atoms with Crippen LogP contribution in [0.5, 0.6) is 0 Å². The van der Waals surface area contributed by atoms with Gasteiger partial charge in [0.15, 0.2) is 0 Å². The maximum absolute atomic E-state index is 12.5. The van der Waals surface area contributed by atoms with E-state index < -0.39 is 10.0 Å². The predicted octanol–water partition coefficient (Wildman–Crippen LogP) is 1.65. The maximum atomic E-state index is 12.5. The number of sulfonamides is 1. The van der Waals surface area contributed by atoms with Crippen molar-refractivity contribution in [3.8, 4) is 0 Å². The highest BCUT2D eigenvalue weighted by Crippen LogP contribution is 2.26. The first-order valence-corrected chi connectivity index (χ1v) is 7.46. The van der Waals surface area contributed by atoms with Gasteiger partial charge in [-0.3, -0.25) is 9.29 Å². The summed E-state index contributed by atoms with van der Waals surface area (Å²) >= 11 is 3.18. The second-order valence-corrected chi connectivity index (χ2v) is 6.57. The molecule has 0 atom stereocenters. The van der Waals surface area contributed by atoms with E-state index in [2.05, 4.69) is 25.9 Å². The molecule has 100 valence electrons. The first-order chi connectivity index (χ1) is 8.93. The molecule has 2 aromatic heterocycles. The maximum Gasteiger partial charge on any atom is 0.267 e. The van der Waals surface area contributed by atoms with Gasteiger partial charge in [-0.05, 0) is 34.1 Å². The smallest absolute Gasteiger partial charge is 0.267 e. The van der Waals surface area contributed by atoms with Gasteiger partial charge in [-0.25, -0.2) is 13.4 Å². The molecular weight excluding hydrogens is 332 g/mol. The van der Waals surface area contributed by atoms with Crippen LogP contribution in [-0.2, 0) is 10.0 Å². The van der Waals surface area contributed by atoms with Crippen molar-refractivity contribution in [3.63, 3.8) is 0 Å². The largest absolute Gasteiger partial charge is 0.383 e. The summed E-state index contributed by atoms with van der Waals surface area (Å²) in [5.74, 6) is -0.0426. The zero-order chi connectivity index (χ0) is 14.0. The Labute approximate surface area is 119 Å². The Kier molecular flexibility index (Phi) is 3.72. The van der Waals surface area contributed by atoms with E-state index in [-0.39, 0.29) is 10.7 Å². The van der Waals surface area contributed by atoms with Gasteiger partial charge in [0.05, 0.1) is 11.9 Å². The minimum atomic E-state index is -3.77. The highest BCUT2D eigenvalue weighted by molar-refractivity contribution is 9.10. The van der Waals surface area contributed by atoms with Crippen LogP contribution >= 0.6 is 15.9 Å². The molecule has 19 heavy (non-hydrogen) atoms. The normalized spacial score (nSPS) is 11.3. The lowest BCUT2D eigenvalue weighted by Crippen LogP contribution is -2.27. The Bertz CT molecular complexity index is 691. The molecule has 8 heteroatoms. The number of nitrogens with two attached hydrogens (primary N) is 1. The minimum absolute atomic E-state index is 0.0426. The van der Waals surface area contributed by atoms with Gasteiger partial charge in [0.1, 0.15) is 10.7 Å². The lowest BCUT2D eigenvalue weighted by Gasteiger charge is -2.19. The molecule has 0 spiro atoms. The fraction of sp³-hybridized carbons (Fsp3) is 0.0909. The fourth-order valence-corrected chi connectivity index (χ4v) is 3.22. The summed E-state index contributed by atoms with van der Waals surface area (Å²) in [5.41, 5.74) is 6.08. The van der Waals surface area contributed by atoms with Crippen LogP contribution in [0.1, 0.15) is 0 Å². The van der Waals surface area contributed by atoms with Crippen LogP contribution < -0.4 is 10.0 Å². The van der Waals surface area contributed by atoms with Gasteiger partial charge in [-0.2, -0.15) is 0 Å². The predicted molar refractivity (Wildman–Crippen MR) is 76.2 cm³/mol. The molecule has 0 amide bonds. The van der Waals surface area contributed by atoms with Crippen LogP contribution in [0.3, 0.4) is 0 Å². The Morgan fingerprint density at radius 2 is 2.11 bits per heavy atom. The minimum Gasteiger partial charge on any atom is -0.383 e. The zero-order valence-electron chi connectivity index (χ0n) is 9.99. The summed E-state index contributed by atoms with van der Waals surface area (Å²) in [7, 11) is -2.33. The molecule has 0 unspecified atom stereocenters. The Hall–Kier alpha value is -1.67. The second-order valence-electron chi connectivity index (χ2n) is 3.72. The number of nitrogens with zero attached hydrogens (tertiary/aromatic N) is 3. The summed E-state index contributed by atoms with van der Waals surface area (Å²) in [6.07, 6.45) is 4.47. The van der Waals surface area contributed by atoms with Crippen LogP contribution in [0, 0.1) is 0 Å². The summed E-state index contributed by atoms with van der Waals surface area (Å²) in [6, 6.07) is 4.72. The quantitative estimate of drug-likeness (QED) is 0.915. The summed E-state index contributed by atoms with van der Waals surface area (Å²) in [6.45, 7) is 0. The van der Waals surface area contributed by atoms with Crippen molar-refractivity contribution in [2.24, 2.45) is 0 Å². The molecule has 6 nitrogen and oxygen atoms in total. The molecule has 0 saturated carbocycles. The lowest BCUT2D eigenvalue weighted by molar-refractivity contribution is 0.594. The third-order valence-electron chi connectivity index (χ3n) is 2.50. The first kappa shape index (κ1) is 13.8. The van der Waals surface area contributed by atoms with Gasteiger partial charge in [0, 0.05) is 23.9 Å². The number of halogens is 1. The van der Waals surface area contributed by atoms with E-state index in [1.807, 2.05) is 0 Å². The molecule has 0 fully saturated rings. The van der Waals surface area contributed by atoms with E-state index >= 15 is 0 Å². The van der Waals surface area contributed by atoms with Crippen molar-refractivity contribution in [2.45, 2.75) is 4.90 Å². The van der Waals surface area contributed by atoms with Gasteiger partial charge in [-0.1, -0.05) is 0 Å². The van der Waals surface area contributed by atoms with Crippen molar-refractivity contribution in [1.29, 1.82) is 0 Å². The molecule has 0 radical (unpaired) electrons. The van der Waals surface area contributed by atoms with Crippen molar-refractivity contribution in [1.82, 2.24) is 9.97 Å². The molecule has 2 heterocycles. The monoisotopic (exact) mass is 342 g/mol. The van der Waals surface area contributed by atoms with E-state index in [9.17, 15) is 8.42 Å². The summed E-state index contributed by atoms with van der Waals surface area (Å²) in [5, 5.41) is 0. The molecule has 2 rings (SSSR count). The molecule has 0 saturated heterocycles. The van der Waals surface area contributed by atoms with Crippen LogP contribution in [0.15, 0.2) is 46.2 Å². The third kappa shape index (κ3) is 2.69. The van der Waals surface area contributed by atoms with Crippen molar-refractivity contribution >= 4 is 37.5 Å². The number of rotatable bonds is 3. The number of nitrogen functional groups attached to an aromatic ring is 1. The molecule has 0 aliphatic carbocycles. The Morgan fingerprint density at radius 1 is 1.37 bits per heavy atom. The standard InChI is InChI=1S/C11H11BrN4O2S/c1-16(9-3-2-4-14-7-9)19(17,18)10-5-8(12)6-15-11(10)13/h2-7H,1H3,(H2,13,15). The average Bonchev–Trinajstić information content (AvgIpc) is 2.41. The SMILES string of the molecule is CN(c1cccnc1)S(=O)(=O)c1cc(Br)cnc1N. The Morgan fingerprint density at radius 3 is 2.74 bits per heavy atom. The number of pyridine rings is 2. The van der Waals surface area contributed by atoms with Crippen LogP contribution in [-0.4, -0.2) is 25.4 Å². The molecule has 0 aromatic carbocycles. The summed E-state index contributed by atoms with van der Waals surface area (Å²) < 4.78 is 26.6. The van der Waals surface area contributed by atoms with E-state index in [0.717, 1.165) is 4.31 Å². The van der Waals surface area contributed by atoms with E-state index in [0.29, 0.717) is 10.2 Å². The topological polar surface area (TPSA) is 89.2 Å². The van der Waals surface area contributed by atoms with Crippen molar-refractivity contribution in [2.75, 3.05) is 17.1 Å². The highest BCUT2D eigenvalue weighted by Gasteiger charge is 2.24. The first-order valence-electron chi connectivity index (χ1n) is 5.23. The number of hydrogen-bond acceptors (Lipinski definition) is 5. The van der Waals surface area contributed by atoms with Crippen LogP contribution in [0.4, 0.5) is 11.5 Å². The number of aromatic nitrogens is 2. The van der Waals surface area contributed by atoms with E-state index in [1.54, 1.807) is 18.3 Å². The molecule has 2 aromatic rings. The fourth-order valence-electron chi connectivity index (χ4n) is 1.46. The number of anilines is 2. The highest BCUT2D eigenvalue weighted by atomic mass is 79.9. The lowest BCUT2D eigenvalue weighted by atomic mass is 10.4. The van der Waals surface area contributed by atoms with Gasteiger partial charge in [0.25, 0.3) is 10.0 Å². The molecule has 0 aliphatic rings. The third-order valence-corrected chi connectivity index (χ3v) is 4.74. The molecule has 0 bridgehead atoms. The second kappa shape index (κ2) is 5.14. The van der Waals surface area contributed by atoms with E-state index in [1.165, 1.54) is 25.5 Å². The van der Waals surface area contributed by atoms with Gasteiger partial charge < -0.3 is 5.73 Å². The van der Waals surface area contributed by atoms with Gasteiger partial charge >= 0.3 is 0 Å². The van der Waals surface area contributed by atoms with Crippen LogP contribution in [0.2, 0.25) is 0 Å². The average molecular weight is 343 g/mol. The van der Waals surface area contributed by atoms with E-state index in [4.69, 9.17) is 5.73 Å². The number of hydrogen-bond donors (Lipinski definition) is 1. The van der Waals surface area contributed by atoms with Crippen molar-refractivity contribution < 1.29 is 8.42 Å². The van der Waals surface area contributed by atoms with Crippen LogP contribution in [0.25, 0.3) is 0 Å². The molecule has 2 N–H and O–H groups in total. The molecule has 0 aliphatic heterocycles.